The minimum Gasteiger partial charge on any atom is -0.497 e. The van der Waals surface area contributed by atoms with E-state index in [0.717, 1.165) is 11.3 Å². The van der Waals surface area contributed by atoms with Crippen LogP contribution in [0.5, 0.6) is 5.75 Å². The second-order valence-corrected chi connectivity index (χ2v) is 2.70. The highest BCUT2D eigenvalue weighted by atomic mass is 16.5. The first-order valence-corrected chi connectivity index (χ1v) is 3.90. The molecule has 2 aromatic rings. The van der Waals surface area contributed by atoms with Crippen LogP contribution < -0.4 is 4.74 Å². The van der Waals surface area contributed by atoms with Crippen LogP contribution in [0.25, 0.3) is 5.52 Å². The van der Waals surface area contributed by atoms with Crippen LogP contribution in [0.1, 0.15) is 5.56 Å². The van der Waals surface area contributed by atoms with Gasteiger partial charge in [-0.05, 0) is 12.1 Å². The Morgan fingerprint density at radius 2 is 2.15 bits per heavy atom. The molecule has 0 bridgehead atoms. The number of hydrogen-bond donors (Lipinski definition) is 0. The van der Waals surface area contributed by atoms with Gasteiger partial charge < -0.3 is 9.14 Å². The molecule has 0 aliphatic rings. The predicted molar refractivity (Wildman–Crippen MR) is 48.7 cm³/mol. The summed E-state index contributed by atoms with van der Waals surface area (Å²) in [5.74, 6) is 0.766. The number of hydrogen-bond acceptors (Lipinski definition) is 2. The van der Waals surface area contributed by atoms with E-state index >= 15 is 0 Å². The molecule has 3 heteroatoms. The molecule has 0 aliphatic carbocycles. The van der Waals surface area contributed by atoms with Crippen LogP contribution in [0, 0.1) is 11.3 Å². The lowest BCUT2D eigenvalue weighted by molar-refractivity contribution is 0.414. The lowest BCUT2D eigenvalue weighted by Gasteiger charge is -2.00. The molecule has 0 radical (unpaired) electrons. The van der Waals surface area contributed by atoms with E-state index in [2.05, 4.69) is 6.07 Å². The summed E-state index contributed by atoms with van der Waals surface area (Å²) in [6.07, 6.45) is 3.72. The Morgan fingerprint density at radius 3 is 2.85 bits per heavy atom. The number of fused-ring (bicyclic) bond motifs is 1. The van der Waals surface area contributed by atoms with Crippen molar-refractivity contribution in [3.63, 3.8) is 0 Å². The van der Waals surface area contributed by atoms with Crippen LogP contribution in [0.2, 0.25) is 0 Å². The van der Waals surface area contributed by atoms with Crippen molar-refractivity contribution >= 4 is 5.52 Å². The molecule has 0 spiro atoms. The van der Waals surface area contributed by atoms with Gasteiger partial charge in [0.2, 0.25) is 0 Å². The van der Waals surface area contributed by atoms with Crippen molar-refractivity contribution in [3.05, 3.63) is 36.2 Å². The van der Waals surface area contributed by atoms with Crippen molar-refractivity contribution in [2.75, 3.05) is 7.11 Å². The van der Waals surface area contributed by atoms with Gasteiger partial charge in [0.15, 0.2) is 0 Å². The van der Waals surface area contributed by atoms with E-state index in [1.807, 2.05) is 28.9 Å². The fourth-order valence-electron chi connectivity index (χ4n) is 1.30. The summed E-state index contributed by atoms with van der Waals surface area (Å²) in [4.78, 5) is 0. The average Bonchev–Trinajstić information content (AvgIpc) is 2.59. The molecule has 0 aliphatic heterocycles. The molecule has 0 aromatic carbocycles. The maximum absolute atomic E-state index is 8.78. The summed E-state index contributed by atoms with van der Waals surface area (Å²) in [6.45, 7) is 0. The Labute approximate surface area is 75.8 Å². The molecular weight excluding hydrogens is 164 g/mol. The van der Waals surface area contributed by atoms with Gasteiger partial charge in [0.05, 0.1) is 18.2 Å². The topological polar surface area (TPSA) is 37.4 Å². The smallest absolute Gasteiger partial charge is 0.122 e. The van der Waals surface area contributed by atoms with Crippen LogP contribution in [0.15, 0.2) is 30.6 Å². The molecule has 0 unspecified atom stereocenters. The average molecular weight is 172 g/mol. The van der Waals surface area contributed by atoms with Crippen molar-refractivity contribution < 1.29 is 4.74 Å². The molecule has 2 heterocycles. The lowest BCUT2D eigenvalue weighted by Crippen LogP contribution is -1.86. The number of pyridine rings is 1. The third-order valence-corrected chi connectivity index (χ3v) is 1.99. The molecule has 13 heavy (non-hydrogen) atoms. The van der Waals surface area contributed by atoms with Crippen molar-refractivity contribution in [3.8, 4) is 11.8 Å². The molecule has 64 valence electrons. The molecule has 3 nitrogen and oxygen atoms in total. The van der Waals surface area contributed by atoms with Gasteiger partial charge in [0.25, 0.3) is 0 Å². The van der Waals surface area contributed by atoms with E-state index in [4.69, 9.17) is 10.00 Å². The summed E-state index contributed by atoms with van der Waals surface area (Å²) in [5, 5.41) is 8.78. The molecule has 0 fully saturated rings. The molecule has 2 aromatic heterocycles. The van der Waals surface area contributed by atoms with E-state index in [1.54, 1.807) is 13.2 Å². The zero-order chi connectivity index (χ0) is 9.26. The Kier molecular flexibility index (Phi) is 1.67. The summed E-state index contributed by atoms with van der Waals surface area (Å²) in [6, 6.07) is 7.61. The largest absolute Gasteiger partial charge is 0.497 e. The Morgan fingerprint density at radius 1 is 1.38 bits per heavy atom. The minimum absolute atomic E-state index is 0.666. The van der Waals surface area contributed by atoms with Gasteiger partial charge in [0, 0.05) is 18.5 Å². The molecule has 0 amide bonds. The summed E-state index contributed by atoms with van der Waals surface area (Å²) in [7, 11) is 1.61. The Hall–Kier alpha value is -1.95. The van der Waals surface area contributed by atoms with Gasteiger partial charge in [-0.25, -0.2) is 0 Å². The molecule has 0 saturated heterocycles. The highest BCUT2D eigenvalue weighted by Gasteiger charge is 2.01. The number of nitrogens with zero attached hydrogens (tertiary/aromatic N) is 2. The first-order chi connectivity index (χ1) is 6.35. The first kappa shape index (κ1) is 7.69. The Balaban J connectivity index is 2.73. The standard InChI is InChI=1S/C10H8N2O/c1-13-9-3-5-12-4-2-8(7-11)10(12)6-9/h2-6H,1H3. The van der Waals surface area contributed by atoms with E-state index in [-0.39, 0.29) is 0 Å². The highest BCUT2D eigenvalue weighted by molar-refractivity contribution is 5.63. The van der Waals surface area contributed by atoms with E-state index in [0.29, 0.717) is 5.56 Å². The number of rotatable bonds is 1. The predicted octanol–water partition coefficient (Wildman–Crippen LogP) is 1.82. The maximum Gasteiger partial charge on any atom is 0.122 e. The van der Waals surface area contributed by atoms with Crippen LogP contribution in [0.4, 0.5) is 0 Å². The SMILES string of the molecule is COc1ccn2ccc(C#N)c2c1. The van der Waals surface area contributed by atoms with Crippen LogP contribution in [-0.4, -0.2) is 11.5 Å². The van der Waals surface area contributed by atoms with Gasteiger partial charge in [-0.1, -0.05) is 0 Å². The summed E-state index contributed by atoms with van der Waals surface area (Å²) in [5.41, 5.74) is 1.54. The molecule has 0 atom stereocenters. The zero-order valence-corrected chi connectivity index (χ0v) is 7.19. The first-order valence-electron chi connectivity index (χ1n) is 3.90. The number of ether oxygens (including phenoxy) is 1. The second kappa shape index (κ2) is 2.83. The Bertz CT molecular complexity index is 479. The maximum atomic E-state index is 8.78. The number of aromatic nitrogens is 1. The number of methoxy groups -OCH3 is 1. The molecule has 0 N–H and O–H groups in total. The van der Waals surface area contributed by atoms with E-state index in [1.165, 1.54) is 0 Å². The summed E-state index contributed by atoms with van der Waals surface area (Å²) >= 11 is 0. The van der Waals surface area contributed by atoms with Crippen molar-refractivity contribution in [1.29, 1.82) is 5.26 Å². The van der Waals surface area contributed by atoms with Crippen molar-refractivity contribution in [2.45, 2.75) is 0 Å². The summed E-state index contributed by atoms with van der Waals surface area (Å²) < 4.78 is 6.96. The number of nitriles is 1. The van der Waals surface area contributed by atoms with Gasteiger partial charge >= 0.3 is 0 Å². The normalized spacial score (nSPS) is 9.85. The van der Waals surface area contributed by atoms with Crippen molar-refractivity contribution in [1.82, 2.24) is 4.40 Å². The van der Waals surface area contributed by atoms with E-state index < -0.39 is 0 Å². The van der Waals surface area contributed by atoms with Crippen molar-refractivity contribution in [2.24, 2.45) is 0 Å². The van der Waals surface area contributed by atoms with Gasteiger partial charge in [-0.15, -0.1) is 0 Å². The van der Waals surface area contributed by atoms with Gasteiger partial charge in [-0.3, -0.25) is 0 Å². The lowest BCUT2D eigenvalue weighted by atomic mass is 10.3. The van der Waals surface area contributed by atoms with Gasteiger partial charge in [0.1, 0.15) is 11.8 Å². The minimum atomic E-state index is 0.666. The van der Waals surface area contributed by atoms with Gasteiger partial charge in [-0.2, -0.15) is 5.26 Å². The molecule has 0 saturated carbocycles. The molecular formula is C10H8N2O. The van der Waals surface area contributed by atoms with Crippen LogP contribution in [0.3, 0.4) is 0 Å². The third-order valence-electron chi connectivity index (χ3n) is 1.99. The second-order valence-electron chi connectivity index (χ2n) is 2.70. The monoisotopic (exact) mass is 172 g/mol. The quantitative estimate of drug-likeness (QED) is 0.658. The fourth-order valence-corrected chi connectivity index (χ4v) is 1.30. The third kappa shape index (κ3) is 1.13. The van der Waals surface area contributed by atoms with E-state index in [9.17, 15) is 0 Å². The molecule has 2 rings (SSSR count). The zero-order valence-electron chi connectivity index (χ0n) is 7.19. The van der Waals surface area contributed by atoms with Crippen LogP contribution >= 0.6 is 0 Å². The van der Waals surface area contributed by atoms with Crippen LogP contribution in [-0.2, 0) is 0 Å². The fraction of sp³-hybridized carbons (Fsp3) is 0.100. The highest BCUT2D eigenvalue weighted by Crippen LogP contribution is 2.17.